The van der Waals surface area contributed by atoms with Crippen molar-refractivity contribution in [2.24, 2.45) is 5.92 Å². The molecule has 0 amide bonds. The van der Waals surface area contributed by atoms with Crippen molar-refractivity contribution in [2.75, 3.05) is 13.6 Å². The molecule has 100 valence electrons. The van der Waals surface area contributed by atoms with Crippen LogP contribution in [0.15, 0.2) is 18.2 Å². The quantitative estimate of drug-likeness (QED) is 0.851. The van der Waals surface area contributed by atoms with Crippen LogP contribution in [0.4, 0.5) is 8.78 Å². The van der Waals surface area contributed by atoms with E-state index in [2.05, 4.69) is 0 Å². The zero-order valence-corrected chi connectivity index (χ0v) is 10.5. The van der Waals surface area contributed by atoms with E-state index >= 15 is 0 Å². The molecule has 1 aromatic rings. The minimum Gasteiger partial charge on any atom is -0.481 e. The second-order valence-corrected chi connectivity index (χ2v) is 4.64. The molecule has 0 bridgehead atoms. The molecule has 0 fully saturated rings. The van der Waals surface area contributed by atoms with Crippen molar-refractivity contribution >= 4 is 5.97 Å². The summed E-state index contributed by atoms with van der Waals surface area (Å²) in [6.07, 6.45) is 0.0796. The van der Waals surface area contributed by atoms with Crippen LogP contribution < -0.4 is 0 Å². The Labute approximate surface area is 105 Å². The first-order valence-electron chi connectivity index (χ1n) is 5.72. The molecule has 1 aromatic carbocycles. The molecule has 0 aliphatic rings. The summed E-state index contributed by atoms with van der Waals surface area (Å²) in [6.45, 7) is 2.70. The molecular formula is C13H17F2NO2. The van der Waals surface area contributed by atoms with Gasteiger partial charge in [-0.15, -0.1) is 0 Å². The van der Waals surface area contributed by atoms with Gasteiger partial charge in [-0.2, -0.15) is 0 Å². The predicted molar refractivity (Wildman–Crippen MR) is 64.1 cm³/mol. The van der Waals surface area contributed by atoms with Gasteiger partial charge >= 0.3 is 5.97 Å². The monoisotopic (exact) mass is 257 g/mol. The Balaban J connectivity index is 2.53. The van der Waals surface area contributed by atoms with Gasteiger partial charge in [0.15, 0.2) is 0 Å². The average Bonchev–Trinajstić information content (AvgIpc) is 2.20. The van der Waals surface area contributed by atoms with Gasteiger partial charge in [-0.05, 0) is 19.0 Å². The van der Waals surface area contributed by atoms with Gasteiger partial charge in [0.1, 0.15) is 11.6 Å². The molecule has 1 atom stereocenters. The van der Waals surface area contributed by atoms with Crippen molar-refractivity contribution in [1.82, 2.24) is 4.90 Å². The number of hydrogen-bond acceptors (Lipinski definition) is 2. The number of aliphatic carboxylic acids is 1. The van der Waals surface area contributed by atoms with Gasteiger partial charge in [-0.1, -0.05) is 13.0 Å². The number of carbonyl (C=O) groups is 1. The van der Waals surface area contributed by atoms with Crippen molar-refractivity contribution in [1.29, 1.82) is 0 Å². The van der Waals surface area contributed by atoms with Gasteiger partial charge in [0.05, 0.1) is 0 Å². The lowest BCUT2D eigenvalue weighted by Crippen LogP contribution is -2.25. The van der Waals surface area contributed by atoms with E-state index in [-0.39, 0.29) is 12.3 Å². The molecule has 0 heterocycles. The summed E-state index contributed by atoms with van der Waals surface area (Å²) >= 11 is 0. The molecular weight excluding hydrogens is 240 g/mol. The van der Waals surface area contributed by atoms with Gasteiger partial charge in [0, 0.05) is 31.1 Å². The third kappa shape index (κ3) is 4.79. The van der Waals surface area contributed by atoms with Crippen molar-refractivity contribution in [2.45, 2.75) is 19.9 Å². The Morgan fingerprint density at radius 2 is 2.11 bits per heavy atom. The van der Waals surface area contributed by atoms with E-state index in [0.717, 1.165) is 6.07 Å². The summed E-state index contributed by atoms with van der Waals surface area (Å²) in [5.74, 6) is -2.04. The number of hydrogen-bond donors (Lipinski definition) is 1. The highest BCUT2D eigenvalue weighted by molar-refractivity contribution is 5.66. The number of benzene rings is 1. The number of rotatable bonds is 6. The van der Waals surface area contributed by atoms with E-state index in [1.807, 2.05) is 11.8 Å². The highest BCUT2D eigenvalue weighted by atomic mass is 19.1. The summed E-state index contributed by atoms with van der Waals surface area (Å²) in [4.78, 5) is 12.3. The van der Waals surface area contributed by atoms with Gasteiger partial charge in [-0.3, -0.25) is 4.79 Å². The Kier molecular flexibility index (Phi) is 5.22. The minimum atomic E-state index is -0.844. The summed E-state index contributed by atoms with van der Waals surface area (Å²) < 4.78 is 26.1. The van der Waals surface area contributed by atoms with Crippen LogP contribution in [0, 0.1) is 17.6 Å². The van der Waals surface area contributed by atoms with Crippen LogP contribution in [-0.2, 0) is 11.3 Å². The zero-order chi connectivity index (χ0) is 13.7. The maximum Gasteiger partial charge on any atom is 0.303 e. The summed E-state index contributed by atoms with van der Waals surface area (Å²) in [7, 11) is 1.78. The Morgan fingerprint density at radius 1 is 1.44 bits per heavy atom. The van der Waals surface area contributed by atoms with Crippen LogP contribution in [-0.4, -0.2) is 29.6 Å². The van der Waals surface area contributed by atoms with Crippen molar-refractivity contribution in [3.05, 3.63) is 35.4 Å². The van der Waals surface area contributed by atoms with Gasteiger partial charge in [0.2, 0.25) is 0 Å². The molecule has 0 saturated heterocycles. The van der Waals surface area contributed by atoms with E-state index in [9.17, 15) is 13.6 Å². The molecule has 0 radical (unpaired) electrons. The van der Waals surface area contributed by atoms with Gasteiger partial charge in [0.25, 0.3) is 0 Å². The molecule has 1 rings (SSSR count). The third-order valence-corrected chi connectivity index (χ3v) is 2.60. The normalized spacial score (nSPS) is 12.7. The van der Waals surface area contributed by atoms with Crippen molar-refractivity contribution < 1.29 is 18.7 Å². The van der Waals surface area contributed by atoms with Crippen molar-refractivity contribution in [3.8, 4) is 0 Å². The smallest absolute Gasteiger partial charge is 0.303 e. The Bertz CT molecular complexity index is 423. The molecule has 0 aliphatic carbocycles. The van der Waals surface area contributed by atoms with Crippen LogP contribution in [0.3, 0.4) is 0 Å². The fourth-order valence-corrected chi connectivity index (χ4v) is 1.90. The van der Waals surface area contributed by atoms with Gasteiger partial charge in [-0.25, -0.2) is 8.78 Å². The highest BCUT2D eigenvalue weighted by Gasteiger charge is 2.12. The van der Waals surface area contributed by atoms with E-state index < -0.39 is 17.6 Å². The van der Waals surface area contributed by atoms with E-state index in [4.69, 9.17) is 5.11 Å². The van der Waals surface area contributed by atoms with E-state index in [1.165, 1.54) is 12.1 Å². The first-order valence-corrected chi connectivity index (χ1v) is 5.72. The lowest BCUT2D eigenvalue weighted by Gasteiger charge is -2.20. The Morgan fingerprint density at radius 3 is 2.67 bits per heavy atom. The van der Waals surface area contributed by atoms with Crippen LogP contribution in [0.2, 0.25) is 0 Å². The molecule has 0 spiro atoms. The summed E-state index contributed by atoms with van der Waals surface area (Å²) in [5, 5.41) is 8.64. The maximum absolute atomic E-state index is 13.4. The average molecular weight is 257 g/mol. The van der Waals surface area contributed by atoms with Crippen LogP contribution in [0.1, 0.15) is 18.9 Å². The first-order chi connectivity index (χ1) is 8.38. The standard InChI is InChI=1S/C13H17F2NO2/c1-9(5-13(17)18)7-16(2)8-10-3-4-11(14)6-12(10)15/h3-4,6,9H,5,7-8H2,1-2H3,(H,17,18). The van der Waals surface area contributed by atoms with Crippen molar-refractivity contribution in [3.63, 3.8) is 0 Å². The topological polar surface area (TPSA) is 40.5 Å². The molecule has 5 heteroatoms. The number of halogens is 2. The van der Waals surface area contributed by atoms with Crippen LogP contribution in [0.5, 0.6) is 0 Å². The fourth-order valence-electron chi connectivity index (χ4n) is 1.90. The number of carboxylic acids is 1. The molecule has 3 nitrogen and oxygen atoms in total. The third-order valence-electron chi connectivity index (χ3n) is 2.60. The summed E-state index contributed by atoms with van der Waals surface area (Å²) in [6, 6.07) is 3.47. The van der Waals surface area contributed by atoms with E-state index in [1.54, 1.807) is 7.05 Å². The molecule has 1 N–H and O–H groups in total. The second-order valence-electron chi connectivity index (χ2n) is 4.64. The Hall–Kier alpha value is -1.49. The predicted octanol–water partition coefficient (Wildman–Crippen LogP) is 2.51. The lowest BCUT2D eigenvalue weighted by atomic mass is 10.1. The maximum atomic E-state index is 13.4. The SMILES string of the molecule is CC(CC(=O)O)CN(C)Cc1ccc(F)cc1F. The molecule has 18 heavy (non-hydrogen) atoms. The lowest BCUT2D eigenvalue weighted by molar-refractivity contribution is -0.138. The second kappa shape index (κ2) is 6.44. The fraction of sp³-hybridized carbons (Fsp3) is 0.462. The van der Waals surface area contributed by atoms with E-state index in [0.29, 0.717) is 18.7 Å². The first kappa shape index (κ1) is 14.6. The van der Waals surface area contributed by atoms with Crippen LogP contribution in [0.25, 0.3) is 0 Å². The summed E-state index contributed by atoms with van der Waals surface area (Å²) in [5.41, 5.74) is 0.404. The molecule has 0 saturated carbocycles. The minimum absolute atomic E-state index is 0.0176. The molecule has 0 aromatic heterocycles. The van der Waals surface area contributed by atoms with Gasteiger partial charge < -0.3 is 10.0 Å². The molecule has 0 aliphatic heterocycles. The highest BCUT2D eigenvalue weighted by Crippen LogP contribution is 2.13. The number of nitrogens with zero attached hydrogens (tertiary/aromatic N) is 1. The van der Waals surface area contributed by atoms with Crippen LogP contribution >= 0.6 is 0 Å². The largest absolute Gasteiger partial charge is 0.481 e. The molecule has 1 unspecified atom stereocenters. The number of carboxylic acid groups (broad SMARTS) is 1. The zero-order valence-electron chi connectivity index (χ0n) is 10.5.